The minimum atomic E-state index is 0.634. The van der Waals surface area contributed by atoms with Gasteiger partial charge in [0.15, 0.2) is 0 Å². The first kappa shape index (κ1) is 13.7. The zero-order valence-corrected chi connectivity index (χ0v) is 13.4. The van der Waals surface area contributed by atoms with Crippen LogP contribution in [0, 0.1) is 8.80 Å². The number of thiazole rings is 1. The van der Waals surface area contributed by atoms with E-state index in [1.807, 2.05) is 6.20 Å². The normalized spacial score (nSPS) is 20.1. The highest BCUT2D eigenvalue weighted by atomic mass is 127. The quantitative estimate of drug-likeness (QED) is 0.640. The maximum absolute atomic E-state index is 4.40. The molecule has 0 aromatic carbocycles. The van der Waals surface area contributed by atoms with Gasteiger partial charge in [-0.1, -0.05) is 25.7 Å². The van der Waals surface area contributed by atoms with Crippen LogP contribution in [-0.2, 0) is 6.54 Å². The third-order valence-electron chi connectivity index (χ3n) is 3.71. The molecule has 0 radical (unpaired) electrons. The molecule has 1 aliphatic rings. The summed E-state index contributed by atoms with van der Waals surface area (Å²) in [7, 11) is 0. The van der Waals surface area contributed by atoms with Crippen LogP contribution in [0.4, 0.5) is 0 Å². The van der Waals surface area contributed by atoms with E-state index in [4.69, 9.17) is 0 Å². The molecule has 96 valence electrons. The van der Waals surface area contributed by atoms with Crippen LogP contribution in [0.1, 0.15) is 50.5 Å². The van der Waals surface area contributed by atoms with Crippen molar-refractivity contribution in [3.8, 4) is 0 Å². The molecule has 1 saturated carbocycles. The van der Waals surface area contributed by atoms with Crippen LogP contribution in [0.3, 0.4) is 0 Å². The van der Waals surface area contributed by atoms with E-state index in [1.165, 1.54) is 46.4 Å². The Kier molecular flexibility index (Phi) is 5.69. The third-order valence-corrected chi connectivity index (χ3v) is 5.43. The topological polar surface area (TPSA) is 24.9 Å². The van der Waals surface area contributed by atoms with Crippen molar-refractivity contribution >= 4 is 33.9 Å². The number of hydrogen-bond acceptors (Lipinski definition) is 3. The van der Waals surface area contributed by atoms with Crippen molar-refractivity contribution in [3.63, 3.8) is 0 Å². The molecule has 0 saturated heterocycles. The molecule has 0 aliphatic heterocycles. The van der Waals surface area contributed by atoms with Crippen molar-refractivity contribution < 1.29 is 0 Å². The fourth-order valence-corrected chi connectivity index (χ4v) is 4.09. The van der Waals surface area contributed by atoms with Gasteiger partial charge in [-0.15, -0.1) is 11.3 Å². The summed E-state index contributed by atoms with van der Waals surface area (Å²) >= 11 is 4.13. The molecule has 1 aromatic heterocycles. The Morgan fingerprint density at radius 1 is 1.41 bits per heavy atom. The van der Waals surface area contributed by atoms with E-state index in [0.717, 1.165) is 12.5 Å². The van der Waals surface area contributed by atoms with Crippen molar-refractivity contribution in [2.24, 2.45) is 5.92 Å². The molecule has 1 heterocycles. The molecular weight excluding hydrogens is 343 g/mol. The van der Waals surface area contributed by atoms with Gasteiger partial charge in [0, 0.05) is 12.6 Å². The molecule has 1 atom stereocenters. The van der Waals surface area contributed by atoms with Crippen molar-refractivity contribution in [1.82, 2.24) is 10.3 Å². The van der Waals surface area contributed by atoms with Gasteiger partial charge in [0.25, 0.3) is 0 Å². The molecule has 4 heteroatoms. The van der Waals surface area contributed by atoms with E-state index in [9.17, 15) is 0 Å². The van der Waals surface area contributed by atoms with Gasteiger partial charge in [-0.2, -0.15) is 0 Å². The SMILES string of the molecule is C[C@H](NCc1ncc(I)s1)C1CCCCCC1. The maximum atomic E-state index is 4.40. The molecule has 0 bridgehead atoms. The van der Waals surface area contributed by atoms with E-state index >= 15 is 0 Å². The highest BCUT2D eigenvalue weighted by molar-refractivity contribution is 14.1. The van der Waals surface area contributed by atoms with Crippen LogP contribution < -0.4 is 5.32 Å². The first-order valence-electron chi connectivity index (χ1n) is 6.59. The van der Waals surface area contributed by atoms with Gasteiger partial charge in [-0.05, 0) is 48.3 Å². The Bertz CT molecular complexity index is 332. The van der Waals surface area contributed by atoms with Crippen molar-refractivity contribution in [3.05, 3.63) is 14.1 Å². The highest BCUT2D eigenvalue weighted by Crippen LogP contribution is 2.25. The summed E-state index contributed by atoms with van der Waals surface area (Å²) in [6, 6.07) is 0.634. The number of hydrogen-bond donors (Lipinski definition) is 1. The molecule has 1 aliphatic carbocycles. The Balaban J connectivity index is 1.77. The molecule has 1 N–H and O–H groups in total. The largest absolute Gasteiger partial charge is 0.308 e. The number of rotatable bonds is 4. The van der Waals surface area contributed by atoms with Crippen molar-refractivity contribution in [1.29, 1.82) is 0 Å². The molecule has 0 unspecified atom stereocenters. The predicted molar refractivity (Wildman–Crippen MR) is 82.3 cm³/mol. The number of aromatic nitrogens is 1. The highest BCUT2D eigenvalue weighted by Gasteiger charge is 2.18. The summed E-state index contributed by atoms with van der Waals surface area (Å²) in [5.41, 5.74) is 0. The van der Waals surface area contributed by atoms with Crippen LogP contribution in [-0.4, -0.2) is 11.0 Å². The van der Waals surface area contributed by atoms with Gasteiger partial charge in [0.05, 0.1) is 9.08 Å². The second-order valence-corrected chi connectivity index (χ2v) is 7.99. The zero-order chi connectivity index (χ0) is 12.1. The van der Waals surface area contributed by atoms with Crippen LogP contribution in [0.2, 0.25) is 0 Å². The van der Waals surface area contributed by atoms with Gasteiger partial charge in [0.1, 0.15) is 5.01 Å². The van der Waals surface area contributed by atoms with E-state index in [-0.39, 0.29) is 0 Å². The second kappa shape index (κ2) is 7.04. The molecule has 2 rings (SSSR count). The van der Waals surface area contributed by atoms with Crippen LogP contribution in [0.5, 0.6) is 0 Å². The van der Waals surface area contributed by atoms with E-state index in [2.05, 4.69) is 39.8 Å². The summed E-state index contributed by atoms with van der Waals surface area (Å²) in [6.07, 6.45) is 10.5. The fraction of sp³-hybridized carbons (Fsp3) is 0.769. The minimum Gasteiger partial charge on any atom is -0.308 e. The third kappa shape index (κ3) is 4.48. The molecule has 1 aromatic rings. The molecule has 2 nitrogen and oxygen atoms in total. The van der Waals surface area contributed by atoms with E-state index < -0.39 is 0 Å². The first-order chi connectivity index (χ1) is 8.25. The average molecular weight is 364 g/mol. The smallest absolute Gasteiger partial charge is 0.107 e. The lowest BCUT2D eigenvalue weighted by Crippen LogP contribution is -2.32. The monoisotopic (exact) mass is 364 g/mol. The van der Waals surface area contributed by atoms with Gasteiger partial charge in [0.2, 0.25) is 0 Å². The molecule has 0 amide bonds. The zero-order valence-electron chi connectivity index (χ0n) is 10.4. The first-order valence-corrected chi connectivity index (χ1v) is 8.49. The summed E-state index contributed by atoms with van der Waals surface area (Å²) in [4.78, 5) is 4.40. The van der Waals surface area contributed by atoms with E-state index in [1.54, 1.807) is 11.3 Å². The predicted octanol–water partition coefficient (Wildman–Crippen LogP) is 4.20. The number of nitrogens with one attached hydrogen (secondary N) is 1. The Labute approximate surface area is 122 Å². The molecule has 17 heavy (non-hydrogen) atoms. The Morgan fingerprint density at radius 2 is 2.12 bits per heavy atom. The minimum absolute atomic E-state index is 0.634. The maximum Gasteiger partial charge on any atom is 0.107 e. The molecule has 0 spiro atoms. The molecular formula is C13H21IN2S. The lowest BCUT2D eigenvalue weighted by atomic mass is 9.93. The van der Waals surface area contributed by atoms with Crippen molar-refractivity contribution in [2.45, 2.75) is 58.0 Å². The Morgan fingerprint density at radius 3 is 2.71 bits per heavy atom. The van der Waals surface area contributed by atoms with Crippen LogP contribution >= 0.6 is 33.9 Å². The lowest BCUT2D eigenvalue weighted by Gasteiger charge is -2.23. The summed E-state index contributed by atoms with van der Waals surface area (Å²) in [5.74, 6) is 0.872. The molecule has 1 fully saturated rings. The standard InChI is InChI=1S/C13H21IN2S/c1-10(11-6-4-2-3-5-7-11)15-9-13-16-8-12(14)17-13/h8,10-11,15H,2-7,9H2,1H3/t10-/m0/s1. The van der Waals surface area contributed by atoms with Gasteiger partial charge in [-0.25, -0.2) is 4.98 Å². The van der Waals surface area contributed by atoms with Gasteiger partial charge in [-0.3, -0.25) is 0 Å². The van der Waals surface area contributed by atoms with Crippen LogP contribution in [0.25, 0.3) is 0 Å². The summed E-state index contributed by atoms with van der Waals surface area (Å²) in [6.45, 7) is 3.28. The fourth-order valence-electron chi connectivity index (χ4n) is 2.60. The van der Waals surface area contributed by atoms with Gasteiger partial charge < -0.3 is 5.32 Å². The summed E-state index contributed by atoms with van der Waals surface area (Å²) < 4.78 is 1.28. The van der Waals surface area contributed by atoms with E-state index in [0.29, 0.717) is 6.04 Å². The second-order valence-electron chi connectivity index (χ2n) is 4.98. The lowest BCUT2D eigenvalue weighted by molar-refractivity contribution is 0.336. The number of nitrogens with zero attached hydrogens (tertiary/aromatic N) is 1. The number of halogens is 1. The van der Waals surface area contributed by atoms with Gasteiger partial charge >= 0.3 is 0 Å². The summed E-state index contributed by atoms with van der Waals surface area (Å²) in [5, 5.41) is 4.87. The Hall–Kier alpha value is 0.320. The van der Waals surface area contributed by atoms with Crippen molar-refractivity contribution in [2.75, 3.05) is 0 Å². The average Bonchev–Trinajstić information content (AvgIpc) is 2.58. The van der Waals surface area contributed by atoms with Crippen LogP contribution in [0.15, 0.2) is 6.20 Å².